The second kappa shape index (κ2) is 14.0. The summed E-state index contributed by atoms with van der Waals surface area (Å²) in [6.45, 7) is 2.22. The summed E-state index contributed by atoms with van der Waals surface area (Å²) in [5, 5.41) is 27.5. The van der Waals surface area contributed by atoms with Gasteiger partial charge in [-0.25, -0.2) is 4.79 Å². The number of hydrogen-bond acceptors (Lipinski definition) is 4. The number of thioether (sulfide) groups is 1. The molecule has 0 bridgehead atoms. The van der Waals surface area contributed by atoms with E-state index in [0.717, 1.165) is 30.2 Å². The summed E-state index contributed by atoms with van der Waals surface area (Å²) in [5.41, 5.74) is 4.19. The van der Waals surface area contributed by atoms with Crippen LogP contribution in [0.3, 0.4) is 0 Å². The molecule has 174 valence electrons. The van der Waals surface area contributed by atoms with Gasteiger partial charge in [-0.2, -0.15) is 0 Å². The summed E-state index contributed by atoms with van der Waals surface area (Å²) in [7, 11) is 0. The van der Waals surface area contributed by atoms with Gasteiger partial charge in [0.25, 0.3) is 0 Å². The molecule has 0 heterocycles. The fourth-order valence-electron chi connectivity index (χ4n) is 3.74. The van der Waals surface area contributed by atoms with E-state index in [0.29, 0.717) is 5.56 Å². The predicted molar refractivity (Wildman–Crippen MR) is 130 cm³/mol. The molecule has 2 rings (SSSR count). The van der Waals surface area contributed by atoms with E-state index in [2.05, 4.69) is 25.1 Å². The number of aliphatic hydroxyl groups excluding tert-OH is 1. The zero-order valence-electron chi connectivity index (χ0n) is 18.7. The van der Waals surface area contributed by atoms with Crippen molar-refractivity contribution in [1.82, 2.24) is 0 Å². The van der Waals surface area contributed by atoms with E-state index < -0.39 is 23.3 Å². The molecule has 0 aromatic heterocycles. The minimum Gasteiger partial charge on any atom is -0.481 e. The Morgan fingerprint density at radius 1 is 0.906 bits per heavy atom. The van der Waals surface area contributed by atoms with Gasteiger partial charge in [-0.15, -0.1) is 11.8 Å². The van der Waals surface area contributed by atoms with Crippen LogP contribution in [-0.4, -0.2) is 39.1 Å². The van der Waals surface area contributed by atoms with Crippen LogP contribution in [0.4, 0.5) is 0 Å². The summed E-state index contributed by atoms with van der Waals surface area (Å²) >= 11 is 1.15. The number of unbranched alkanes of at least 4 members (excludes halogenated alkanes) is 5. The molecule has 2 aromatic carbocycles. The Kier molecular flexibility index (Phi) is 11.3. The van der Waals surface area contributed by atoms with Crippen molar-refractivity contribution in [3.05, 3.63) is 59.7 Å². The molecule has 2 atom stereocenters. The third-order valence-corrected chi connectivity index (χ3v) is 6.85. The van der Waals surface area contributed by atoms with Crippen LogP contribution in [0.15, 0.2) is 48.5 Å². The summed E-state index contributed by atoms with van der Waals surface area (Å²) in [6.07, 6.45) is 6.86. The molecule has 0 aliphatic rings. The normalized spacial score (nSPS) is 12.9. The number of hydrogen-bond donors (Lipinski definition) is 3. The highest BCUT2D eigenvalue weighted by Gasteiger charge is 2.28. The van der Waals surface area contributed by atoms with Crippen molar-refractivity contribution in [2.24, 2.45) is 0 Å². The standard InChI is InChI=1S/C26H34O5S/c1-2-3-4-5-6-7-10-19-11-8-9-12-22(19)20-13-15-21(16-14-20)25(24(29)26(30)31)32-18-17-23(27)28/h8-9,11-16,24-25,29H,2-7,10,17-18H2,1H3,(H,27,28)(H,30,31). The first kappa shape index (κ1) is 25.9. The summed E-state index contributed by atoms with van der Waals surface area (Å²) in [6, 6.07) is 15.9. The average Bonchev–Trinajstić information content (AvgIpc) is 2.79. The molecule has 0 aliphatic heterocycles. The van der Waals surface area contributed by atoms with Crippen molar-refractivity contribution in [3.63, 3.8) is 0 Å². The highest BCUT2D eigenvalue weighted by molar-refractivity contribution is 7.99. The number of aliphatic hydroxyl groups is 1. The van der Waals surface area contributed by atoms with Crippen LogP contribution < -0.4 is 0 Å². The first-order chi connectivity index (χ1) is 15.4. The molecule has 5 nitrogen and oxygen atoms in total. The second-order valence-electron chi connectivity index (χ2n) is 8.02. The smallest absolute Gasteiger partial charge is 0.334 e. The maximum absolute atomic E-state index is 11.3. The Balaban J connectivity index is 2.11. The monoisotopic (exact) mass is 458 g/mol. The molecular weight excluding hydrogens is 424 g/mol. The highest BCUT2D eigenvalue weighted by Crippen LogP contribution is 2.35. The number of carbonyl (C=O) groups is 2. The minimum absolute atomic E-state index is 0.0859. The van der Waals surface area contributed by atoms with Gasteiger partial charge in [-0.1, -0.05) is 87.6 Å². The van der Waals surface area contributed by atoms with Gasteiger partial charge in [0.1, 0.15) is 0 Å². The lowest BCUT2D eigenvalue weighted by Gasteiger charge is -2.20. The number of aryl methyl sites for hydroxylation is 1. The molecule has 3 N–H and O–H groups in total. The fourth-order valence-corrected chi connectivity index (χ4v) is 4.94. The number of rotatable bonds is 15. The zero-order chi connectivity index (χ0) is 23.3. The maximum Gasteiger partial charge on any atom is 0.334 e. The SMILES string of the molecule is CCCCCCCCc1ccccc1-c1ccc(C(SCCC(=O)O)C(O)C(=O)O)cc1. The largest absolute Gasteiger partial charge is 0.481 e. The Bertz CT molecular complexity index is 850. The Hall–Kier alpha value is -2.31. The molecule has 2 aromatic rings. The lowest BCUT2D eigenvalue weighted by Crippen LogP contribution is -2.26. The molecule has 2 unspecified atom stereocenters. The van der Waals surface area contributed by atoms with Gasteiger partial charge in [0.15, 0.2) is 6.10 Å². The third kappa shape index (κ3) is 8.32. The molecule has 6 heteroatoms. The van der Waals surface area contributed by atoms with Crippen LogP contribution in [-0.2, 0) is 16.0 Å². The lowest BCUT2D eigenvalue weighted by molar-refractivity contribution is -0.146. The van der Waals surface area contributed by atoms with E-state index in [1.54, 1.807) is 0 Å². The Morgan fingerprint density at radius 3 is 2.22 bits per heavy atom. The molecule has 0 amide bonds. The van der Waals surface area contributed by atoms with Gasteiger partial charge < -0.3 is 15.3 Å². The molecular formula is C26H34O5S. The van der Waals surface area contributed by atoms with Crippen LogP contribution in [0.25, 0.3) is 11.1 Å². The zero-order valence-corrected chi connectivity index (χ0v) is 19.5. The highest BCUT2D eigenvalue weighted by atomic mass is 32.2. The average molecular weight is 459 g/mol. The van der Waals surface area contributed by atoms with E-state index in [1.807, 2.05) is 30.3 Å². The van der Waals surface area contributed by atoms with Crippen LogP contribution in [0.5, 0.6) is 0 Å². The molecule has 0 radical (unpaired) electrons. The van der Waals surface area contributed by atoms with Crippen molar-refractivity contribution in [2.45, 2.75) is 69.6 Å². The third-order valence-electron chi connectivity index (χ3n) is 5.52. The fraction of sp³-hybridized carbons (Fsp3) is 0.462. The first-order valence-electron chi connectivity index (χ1n) is 11.4. The van der Waals surface area contributed by atoms with Gasteiger partial charge in [-0.3, -0.25) is 4.79 Å². The van der Waals surface area contributed by atoms with Crippen LogP contribution >= 0.6 is 11.8 Å². The number of benzene rings is 2. The molecule has 0 spiro atoms. The van der Waals surface area contributed by atoms with E-state index in [1.165, 1.54) is 43.2 Å². The van der Waals surface area contributed by atoms with Crippen LogP contribution in [0.2, 0.25) is 0 Å². The summed E-state index contributed by atoms with van der Waals surface area (Å²) in [5.74, 6) is -2.03. The predicted octanol–water partition coefficient (Wildman–Crippen LogP) is 5.95. The molecule has 0 aliphatic carbocycles. The van der Waals surface area contributed by atoms with E-state index >= 15 is 0 Å². The van der Waals surface area contributed by atoms with Crippen LogP contribution in [0.1, 0.15) is 68.2 Å². The van der Waals surface area contributed by atoms with Crippen molar-refractivity contribution in [3.8, 4) is 11.1 Å². The topological polar surface area (TPSA) is 94.8 Å². The molecule has 0 saturated carbocycles. The van der Waals surface area contributed by atoms with Gasteiger partial charge >= 0.3 is 11.9 Å². The molecule has 32 heavy (non-hydrogen) atoms. The van der Waals surface area contributed by atoms with E-state index in [-0.39, 0.29) is 12.2 Å². The first-order valence-corrected chi connectivity index (χ1v) is 12.4. The summed E-state index contributed by atoms with van der Waals surface area (Å²) < 4.78 is 0. The van der Waals surface area contributed by atoms with E-state index in [4.69, 9.17) is 5.11 Å². The number of aliphatic carboxylic acids is 2. The van der Waals surface area contributed by atoms with Crippen molar-refractivity contribution in [2.75, 3.05) is 5.75 Å². The number of carboxylic acid groups (broad SMARTS) is 2. The number of carboxylic acids is 2. The quantitative estimate of drug-likeness (QED) is 0.285. The summed E-state index contributed by atoms with van der Waals surface area (Å²) in [4.78, 5) is 22.2. The second-order valence-corrected chi connectivity index (χ2v) is 9.26. The van der Waals surface area contributed by atoms with Crippen LogP contribution in [0, 0.1) is 0 Å². The van der Waals surface area contributed by atoms with Crippen molar-refractivity contribution >= 4 is 23.7 Å². The van der Waals surface area contributed by atoms with Gasteiger partial charge in [0, 0.05) is 5.75 Å². The van der Waals surface area contributed by atoms with E-state index in [9.17, 15) is 19.8 Å². The lowest BCUT2D eigenvalue weighted by atomic mass is 9.94. The van der Waals surface area contributed by atoms with Gasteiger partial charge in [0.05, 0.1) is 11.7 Å². The Morgan fingerprint density at radius 2 is 1.56 bits per heavy atom. The minimum atomic E-state index is -1.60. The van der Waals surface area contributed by atoms with Gasteiger partial charge in [-0.05, 0) is 35.1 Å². The van der Waals surface area contributed by atoms with Crippen molar-refractivity contribution in [1.29, 1.82) is 0 Å². The van der Waals surface area contributed by atoms with Gasteiger partial charge in [0.2, 0.25) is 0 Å². The molecule has 0 fully saturated rings. The Labute approximate surface area is 194 Å². The van der Waals surface area contributed by atoms with Crippen molar-refractivity contribution < 1.29 is 24.9 Å². The maximum atomic E-state index is 11.3. The molecule has 0 saturated heterocycles.